The van der Waals surface area contributed by atoms with Crippen molar-refractivity contribution in [1.29, 1.82) is 0 Å². The molecular formula is C14H18ClN3. The van der Waals surface area contributed by atoms with Crippen LogP contribution in [0.5, 0.6) is 0 Å². The van der Waals surface area contributed by atoms with Crippen LogP contribution in [-0.4, -0.2) is 36.6 Å². The van der Waals surface area contributed by atoms with E-state index in [2.05, 4.69) is 35.2 Å². The maximum atomic E-state index is 6.07. The Bertz CT molecular complexity index is 576. The van der Waals surface area contributed by atoms with E-state index in [1.54, 1.807) is 0 Å². The second-order valence-corrected chi connectivity index (χ2v) is 5.56. The van der Waals surface area contributed by atoms with Crippen LogP contribution in [0.2, 0.25) is 5.02 Å². The lowest BCUT2D eigenvalue weighted by Crippen LogP contribution is -2.44. The topological polar surface area (TPSA) is 31.1 Å². The first kappa shape index (κ1) is 12.0. The maximum absolute atomic E-state index is 6.07. The normalized spacial score (nSPS) is 21.6. The molecule has 0 amide bonds. The fraction of sp³-hybridized carbons (Fsp3) is 0.429. The van der Waals surface area contributed by atoms with Crippen LogP contribution in [0.1, 0.15) is 17.3 Å². The summed E-state index contributed by atoms with van der Waals surface area (Å²) in [6.07, 6.45) is 0. The van der Waals surface area contributed by atoms with E-state index in [-0.39, 0.29) is 0 Å². The Morgan fingerprint density at radius 3 is 3.00 bits per heavy atom. The Morgan fingerprint density at radius 1 is 1.39 bits per heavy atom. The minimum absolute atomic E-state index is 0.384. The monoisotopic (exact) mass is 263 g/mol. The van der Waals surface area contributed by atoms with E-state index in [1.807, 2.05) is 12.1 Å². The number of H-pyrrole nitrogens is 1. The summed E-state index contributed by atoms with van der Waals surface area (Å²) < 4.78 is 0. The first-order chi connectivity index (χ1) is 8.65. The van der Waals surface area contributed by atoms with E-state index in [1.165, 1.54) is 22.2 Å². The summed E-state index contributed by atoms with van der Waals surface area (Å²) in [6.45, 7) is 5.36. The van der Waals surface area contributed by atoms with E-state index in [0.717, 1.165) is 24.7 Å². The van der Waals surface area contributed by atoms with Gasteiger partial charge in [-0.2, -0.15) is 0 Å². The van der Waals surface area contributed by atoms with Gasteiger partial charge in [0.25, 0.3) is 0 Å². The quantitative estimate of drug-likeness (QED) is 0.829. The minimum Gasteiger partial charge on any atom is -0.357 e. The van der Waals surface area contributed by atoms with Gasteiger partial charge < -0.3 is 15.2 Å². The fourth-order valence-corrected chi connectivity index (χ4v) is 2.93. The second kappa shape index (κ2) is 4.57. The Labute approximate surface area is 112 Å². The first-order valence-corrected chi connectivity index (χ1v) is 6.72. The number of rotatable bonds is 1. The van der Waals surface area contributed by atoms with Gasteiger partial charge in [0.05, 0.1) is 6.04 Å². The molecule has 1 aromatic carbocycles. The van der Waals surface area contributed by atoms with Crippen LogP contribution in [0, 0.1) is 6.92 Å². The molecule has 0 bridgehead atoms. The van der Waals surface area contributed by atoms with Crippen molar-refractivity contribution in [2.45, 2.75) is 13.0 Å². The van der Waals surface area contributed by atoms with Crippen molar-refractivity contribution >= 4 is 22.5 Å². The lowest BCUT2D eigenvalue weighted by molar-refractivity contribution is 0.238. The highest BCUT2D eigenvalue weighted by atomic mass is 35.5. The number of fused-ring (bicyclic) bond motifs is 1. The molecule has 2 heterocycles. The van der Waals surface area contributed by atoms with Crippen molar-refractivity contribution in [3.63, 3.8) is 0 Å². The number of piperazine rings is 1. The molecule has 2 aromatic rings. The highest BCUT2D eigenvalue weighted by Gasteiger charge is 2.22. The van der Waals surface area contributed by atoms with Gasteiger partial charge in [0, 0.05) is 41.3 Å². The molecule has 1 saturated heterocycles. The summed E-state index contributed by atoms with van der Waals surface area (Å²) in [5, 5.41) is 5.60. The molecule has 0 radical (unpaired) electrons. The molecule has 3 rings (SSSR count). The Kier molecular flexibility index (Phi) is 3.06. The van der Waals surface area contributed by atoms with Gasteiger partial charge in [-0.25, -0.2) is 0 Å². The molecular weight excluding hydrogens is 246 g/mol. The van der Waals surface area contributed by atoms with Crippen LogP contribution in [0.3, 0.4) is 0 Å². The van der Waals surface area contributed by atoms with Crippen molar-refractivity contribution in [2.75, 3.05) is 26.7 Å². The highest BCUT2D eigenvalue weighted by Crippen LogP contribution is 2.29. The summed E-state index contributed by atoms with van der Waals surface area (Å²) >= 11 is 6.07. The number of aromatic amines is 1. The van der Waals surface area contributed by atoms with Gasteiger partial charge in [-0.3, -0.25) is 0 Å². The zero-order chi connectivity index (χ0) is 12.7. The number of hydrogen-bond acceptors (Lipinski definition) is 2. The lowest BCUT2D eigenvalue weighted by Gasteiger charge is -2.30. The van der Waals surface area contributed by atoms with Crippen LogP contribution < -0.4 is 5.32 Å². The number of hydrogen-bond donors (Lipinski definition) is 2. The zero-order valence-electron chi connectivity index (χ0n) is 10.8. The minimum atomic E-state index is 0.384. The van der Waals surface area contributed by atoms with Gasteiger partial charge in [-0.1, -0.05) is 11.6 Å². The molecule has 1 aliphatic rings. The SMILES string of the molecule is Cc1c(C2CN(C)CCN2)[nH]c2ccc(Cl)cc12. The highest BCUT2D eigenvalue weighted by molar-refractivity contribution is 6.31. The van der Waals surface area contributed by atoms with Crippen LogP contribution >= 0.6 is 11.6 Å². The van der Waals surface area contributed by atoms with Crippen molar-refractivity contribution in [3.05, 3.63) is 34.5 Å². The van der Waals surface area contributed by atoms with Gasteiger partial charge >= 0.3 is 0 Å². The van der Waals surface area contributed by atoms with E-state index in [4.69, 9.17) is 11.6 Å². The number of halogens is 1. The average Bonchev–Trinajstić information content (AvgIpc) is 2.67. The summed E-state index contributed by atoms with van der Waals surface area (Å²) in [7, 11) is 2.17. The number of benzene rings is 1. The van der Waals surface area contributed by atoms with Gasteiger partial charge in [-0.05, 0) is 37.7 Å². The summed E-state index contributed by atoms with van der Waals surface area (Å²) in [5.74, 6) is 0. The third-order valence-corrected chi connectivity index (χ3v) is 4.02. The predicted molar refractivity (Wildman–Crippen MR) is 76.3 cm³/mol. The molecule has 2 N–H and O–H groups in total. The van der Waals surface area contributed by atoms with Crippen LogP contribution in [0.25, 0.3) is 10.9 Å². The van der Waals surface area contributed by atoms with E-state index < -0.39 is 0 Å². The molecule has 1 fully saturated rings. The number of aryl methyl sites for hydroxylation is 1. The molecule has 4 heteroatoms. The maximum Gasteiger partial charge on any atom is 0.0605 e. The molecule has 96 valence electrons. The Hall–Kier alpha value is -1.03. The number of likely N-dealkylation sites (N-methyl/N-ethyl adjacent to an activating group) is 1. The van der Waals surface area contributed by atoms with Crippen molar-refractivity contribution in [3.8, 4) is 0 Å². The van der Waals surface area contributed by atoms with Gasteiger partial charge in [-0.15, -0.1) is 0 Å². The van der Waals surface area contributed by atoms with Crippen LogP contribution in [-0.2, 0) is 0 Å². The molecule has 18 heavy (non-hydrogen) atoms. The van der Waals surface area contributed by atoms with Gasteiger partial charge in [0.15, 0.2) is 0 Å². The molecule has 0 spiro atoms. The first-order valence-electron chi connectivity index (χ1n) is 6.35. The molecule has 3 nitrogen and oxygen atoms in total. The third kappa shape index (κ3) is 2.03. The van der Waals surface area contributed by atoms with Crippen molar-refractivity contribution in [2.24, 2.45) is 0 Å². The summed E-state index contributed by atoms with van der Waals surface area (Å²) in [6, 6.07) is 6.42. The van der Waals surface area contributed by atoms with Crippen LogP contribution in [0.4, 0.5) is 0 Å². The third-order valence-electron chi connectivity index (χ3n) is 3.79. The summed E-state index contributed by atoms with van der Waals surface area (Å²) in [4.78, 5) is 5.89. The Balaban J connectivity index is 2.04. The number of nitrogens with one attached hydrogen (secondary N) is 2. The number of aromatic nitrogens is 1. The van der Waals surface area contributed by atoms with E-state index in [9.17, 15) is 0 Å². The zero-order valence-corrected chi connectivity index (χ0v) is 11.5. The molecule has 1 aromatic heterocycles. The van der Waals surface area contributed by atoms with E-state index in [0.29, 0.717) is 6.04 Å². The van der Waals surface area contributed by atoms with Crippen molar-refractivity contribution < 1.29 is 0 Å². The smallest absolute Gasteiger partial charge is 0.0605 e. The molecule has 0 aliphatic carbocycles. The van der Waals surface area contributed by atoms with Gasteiger partial charge in [0.1, 0.15) is 0 Å². The lowest BCUT2D eigenvalue weighted by atomic mass is 10.1. The number of nitrogens with zero attached hydrogens (tertiary/aromatic N) is 1. The molecule has 1 atom stereocenters. The Morgan fingerprint density at radius 2 is 2.22 bits per heavy atom. The van der Waals surface area contributed by atoms with Gasteiger partial charge in [0.2, 0.25) is 0 Å². The largest absolute Gasteiger partial charge is 0.357 e. The standard InChI is InChI=1S/C14H18ClN3/c1-9-11-7-10(15)3-4-12(11)17-14(9)13-8-18(2)6-5-16-13/h3-4,7,13,16-17H,5-6,8H2,1-2H3. The van der Waals surface area contributed by atoms with E-state index >= 15 is 0 Å². The van der Waals surface area contributed by atoms with Crippen molar-refractivity contribution in [1.82, 2.24) is 15.2 Å². The van der Waals surface area contributed by atoms with Crippen LogP contribution in [0.15, 0.2) is 18.2 Å². The average molecular weight is 264 g/mol. The predicted octanol–water partition coefficient (Wildman–Crippen LogP) is 2.71. The molecule has 1 aliphatic heterocycles. The second-order valence-electron chi connectivity index (χ2n) is 5.12. The fourth-order valence-electron chi connectivity index (χ4n) is 2.76. The molecule has 1 unspecified atom stereocenters. The molecule has 0 saturated carbocycles. The summed E-state index contributed by atoms with van der Waals surface area (Å²) in [5.41, 5.74) is 3.76.